The summed E-state index contributed by atoms with van der Waals surface area (Å²) in [7, 11) is 2.03. The van der Waals surface area contributed by atoms with E-state index in [-0.39, 0.29) is 0 Å². The van der Waals surface area contributed by atoms with Gasteiger partial charge in [-0.15, -0.1) is 0 Å². The standard InChI is InChI=1S/C20H23N5O/c1-3-26-18-7-5-4-6-17(18)24-19-14-20(23-15-22-19)25(2)13-10-16-8-11-21-12-9-16/h4-9,11-12,14-15H,3,10,13H2,1-2H3,(H,22,23,24). The number of hydrogen-bond acceptors (Lipinski definition) is 6. The first-order valence-corrected chi connectivity index (χ1v) is 8.67. The number of aromatic nitrogens is 3. The van der Waals surface area contributed by atoms with Crippen molar-refractivity contribution in [1.29, 1.82) is 0 Å². The molecule has 0 saturated heterocycles. The van der Waals surface area contributed by atoms with Gasteiger partial charge in [-0.1, -0.05) is 12.1 Å². The van der Waals surface area contributed by atoms with E-state index >= 15 is 0 Å². The first-order valence-electron chi connectivity index (χ1n) is 8.67. The number of ether oxygens (including phenoxy) is 1. The van der Waals surface area contributed by atoms with Crippen LogP contribution in [0, 0.1) is 0 Å². The van der Waals surface area contributed by atoms with Crippen molar-refractivity contribution in [2.75, 3.05) is 30.4 Å². The molecular weight excluding hydrogens is 326 g/mol. The zero-order valence-electron chi connectivity index (χ0n) is 15.1. The smallest absolute Gasteiger partial charge is 0.142 e. The van der Waals surface area contributed by atoms with E-state index in [0.29, 0.717) is 6.61 Å². The first kappa shape index (κ1) is 17.7. The van der Waals surface area contributed by atoms with E-state index in [1.165, 1.54) is 5.56 Å². The van der Waals surface area contributed by atoms with Crippen molar-refractivity contribution in [1.82, 2.24) is 15.0 Å². The molecule has 0 atom stereocenters. The van der Waals surface area contributed by atoms with Gasteiger partial charge in [0.15, 0.2) is 0 Å². The Bertz CT molecular complexity index is 825. The van der Waals surface area contributed by atoms with Gasteiger partial charge in [0.2, 0.25) is 0 Å². The van der Waals surface area contributed by atoms with Gasteiger partial charge in [0.05, 0.1) is 12.3 Å². The number of benzene rings is 1. The van der Waals surface area contributed by atoms with Crippen molar-refractivity contribution < 1.29 is 4.74 Å². The molecule has 26 heavy (non-hydrogen) atoms. The van der Waals surface area contributed by atoms with Gasteiger partial charge in [-0.25, -0.2) is 9.97 Å². The number of anilines is 3. The van der Waals surface area contributed by atoms with Crippen molar-refractivity contribution in [2.24, 2.45) is 0 Å². The largest absolute Gasteiger partial charge is 0.492 e. The predicted molar refractivity (Wildman–Crippen MR) is 104 cm³/mol. The van der Waals surface area contributed by atoms with Crippen LogP contribution in [0.4, 0.5) is 17.3 Å². The lowest BCUT2D eigenvalue weighted by molar-refractivity contribution is 0.342. The second-order valence-electron chi connectivity index (χ2n) is 5.84. The van der Waals surface area contributed by atoms with Crippen LogP contribution in [-0.2, 0) is 6.42 Å². The fraction of sp³-hybridized carbons (Fsp3) is 0.250. The Hall–Kier alpha value is -3.15. The summed E-state index contributed by atoms with van der Waals surface area (Å²) in [6, 6.07) is 13.8. The van der Waals surface area contributed by atoms with Gasteiger partial charge in [-0.2, -0.15) is 0 Å². The van der Waals surface area contributed by atoms with E-state index in [9.17, 15) is 0 Å². The number of nitrogens with zero attached hydrogens (tertiary/aromatic N) is 4. The number of hydrogen-bond donors (Lipinski definition) is 1. The Kier molecular flexibility index (Phi) is 5.98. The second-order valence-corrected chi connectivity index (χ2v) is 5.84. The fourth-order valence-corrected chi connectivity index (χ4v) is 2.57. The summed E-state index contributed by atoms with van der Waals surface area (Å²) in [5.41, 5.74) is 2.14. The van der Waals surface area contributed by atoms with E-state index in [1.807, 2.05) is 68.8 Å². The lowest BCUT2D eigenvalue weighted by Gasteiger charge is -2.19. The lowest BCUT2D eigenvalue weighted by Crippen LogP contribution is -2.21. The average molecular weight is 349 g/mol. The molecule has 1 aromatic carbocycles. The molecule has 0 radical (unpaired) electrons. The molecule has 0 amide bonds. The van der Waals surface area contributed by atoms with E-state index in [4.69, 9.17) is 4.74 Å². The molecule has 0 saturated carbocycles. The Morgan fingerprint density at radius 1 is 1.08 bits per heavy atom. The highest BCUT2D eigenvalue weighted by molar-refractivity contribution is 5.65. The molecule has 1 N–H and O–H groups in total. The predicted octanol–water partition coefficient (Wildman–Crippen LogP) is 3.69. The van der Waals surface area contributed by atoms with Crippen LogP contribution in [0.3, 0.4) is 0 Å². The molecule has 0 bridgehead atoms. The maximum Gasteiger partial charge on any atom is 0.142 e. The Morgan fingerprint density at radius 3 is 2.69 bits per heavy atom. The van der Waals surface area contributed by atoms with E-state index in [2.05, 4.69) is 25.2 Å². The minimum Gasteiger partial charge on any atom is -0.492 e. The van der Waals surface area contributed by atoms with Crippen molar-refractivity contribution in [3.63, 3.8) is 0 Å². The van der Waals surface area contributed by atoms with Gasteiger partial charge >= 0.3 is 0 Å². The van der Waals surface area contributed by atoms with Crippen molar-refractivity contribution >= 4 is 17.3 Å². The van der Waals surface area contributed by atoms with E-state index in [1.54, 1.807) is 6.33 Å². The van der Waals surface area contributed by atoms with Gasteiger partial charge in [-0.05, 0) is 43.2 Å². The van der Waals surface area contributed by atoms with Crippen LogP contribution in [0.25, 0.3) is 0 Å². The third-order valence-corrected chi connectivity index (χ3v) is 3.98. The van der Waals surface area contributed by atoms with E-state index in [0.717, 1.165) is 36.0 Å². The number of rotatable bonds is 8. The highest BCUT2D eigenvalue weighted by Crippen LogP contribution is 2.27. The highest BCUT2D eigenvalue weighted by Gasteiger charge is 2.07. The van der Waals surface area contributed by atoms with Crippen LogP contribution in [0.5, 0.6) is 5.75 Å². The number of pyridine rings is 1. The van der Waals surface area contributed by atoms with Crippen LogP contribution >= 0.6 is 0 Å². The van der Waals surface area contributed by atoms with Crippen molar-refractivity contribution in [3.8, 4) is 5.75 Å². The molecule has 2 aromatic heterocycles. The summed E-state index contributed by atoms with van der Waals surface area (Å²) in [4.78, 5) is 14.9. The van der Waals surface area contributed by atoms with Gasteiger partial charge in [0, 0.05) is 32.1 Å². The Balaban J connectivity index is 1.68. The van der Waals surface area contributed by atoms with Gasteiger partial charge in [0.25, 0.3) is 0 Å². The number of para-hydroxylation sites is 2. The molecule has 2 heterocycles. The molecule has 3 aromatic rings. The normalized spacial score (nSPS) is 10.4. The molecule has 134 valence electrons. The zero-order valence-corrected chi connectivity index (χ0v) is 15.1. The zero-order chi connectivity index (χ0) is 18.2. The molecular formula is C20H23N5O. The summed E-state index contributed by atoms with van der Waals surface area (Å²) >= 11 is 0. The monoisotopic (exact) mass is 349 g/mol. The average Bonchev–Trinajstić information content (AvgIpc) is 2.69. The third kappa shape index (κ3) is 4.69. The van der Waals surface area contributed by atoms with Crippen LogP contribution in [-0.4, -0.2) is 35.2 Å². The highest BCUT2D eigenvalue weighted by atomic mass is 16.5. The lowest BCUT2D eigenvalue weighted by atomic mass is 10.2. The van der Waals surface area contributed by atoms with Crippen molar-refractivity contribution in [2.45, 2.75) is 13.3 Å². The minimum absolute atomic E-state index is 0.617. The maximum atomic E-state index is 5.65. The molecule has 0 unspecified atom stereocenters. The molecule has 0 aliphatic rings. The molecule has 0 fully saturated rings. The summed E-state index contributed by atoms with van der Waals surface area (Å²) in [6.45, 7) is 3.44. The van der Waals surface area contributed by atoms with Crippen LogP contribution in [0.2, 0.25) is 0 Å². The topological polar surface area (TPSA) is 63.2 Å². The van der Waals surface area contributed by atoms with Crippen LogP contribution in [0.1, 0.15) is 12.5 Å². The summed E-state index contributed by atoms with van der Waals surface area (Å²) < 4.78 is 5.65. The minimum atomic E-state index is 0.617. The fourth-order valence-electron chi connectivity index (χ4n) is 2.57. The molecule has 0 aliphatic carbocycles. The second kappa shape index (κ2) is 8.80. The van der Waals surface area contributed by atoms with Gasteiger partial charge < -0.3 is 15.0 Å². The SMILES string of the molecule is CCOc1ccccc1Nc1cc(N(C)CCc2ccncc2)ncn1. The third-order valence-electron chi connectivity index (χ3n) is 3.98. The summed E-state index contributed by atoms with van der Waals surface area (Å²) in [5, 5.41) is 3.32. The molecule has 6 nitrogen and oxygen atoms in total. The van der Waals surface area contributed by atoms with Gasteiger partial charge in [0.1, 0.15) is 23.7 Å². The molecule has 6 heteroatoms. The van der Waals surface area contributed by atoms with Gasteiger partial charge in [-0.3, -0.25) is 4.98 Å². The quantitative estimate of drug-likeness (QED) is 0.669. The van der Waals surface area contributed by atoms with E-state index < -0.39 is 0 Å². The molecule has 0 aliphatic heterocycles. The Labute approximate surface area is 153 Å². The first-order chi connectivity index (χ1) is 12.8. The van der Waals surface area contributed by atoms with Crippen molar-refractivity contribution in [3.05, 3.63) is 66.7 Å². The molecule has 0 spiro atoms. The Morgan fingerprint density at radius 2 is 1.88 bits per heavy atom. The summed E-state index contributed by atoms with van der Waals surface area (Å²) in [6.07, 6.45) is 6.14. The van der Waals surface area contributed by atoms with Crippen LogP contribution in [0.15, 0.2) is 61.2 Å². The number of likely N-dealkylation sites (N-methyl/N-ethyl adjacent to an activating group) is 1. The summed E-state index contributed by atoms with van der Waals surface area (Å²) in [5.74, 6) is 2.41. The molecule has 3 rings (SSSR count). The number of nitrogens with one attached hydrogen (secondary N) is 1. The van der Waals surface area contributed by atoms with Crippen LogP contribution < -0.4 is 15.0 Å². The maximum absolute atomic E-state index is 5.65.